The second kappa shape index (κ2) is 11.5. The topological polar surface area (TPSA) is 87.7 Å². The molecule has 1 aliphatic heterocycles. The molecule has 174 valence electrons. The molecule has 3 rings (SSSR count). The smallest absolute Gasteiger partial charge is 0.253 e. The highest BCUT2D eigenvalue weighted by molar-refractivity contribution is 6.30. The van der Waals surface area contributed by atoms with Gasteiger partial charge in [-0.3, -0.25) is 14.4 Å². The van der Waals surface area contributed by atoms with Crippen LogP contribution in [0.4, 0.5) is 0 Å². The van der Waals surface area contributed by atoms with E-state index in [1.807, 2.05) is 0 Å². The van der Waals surface area contributed by atoms with Gasteiger partial charge in [-0.05, 0) is 61.2 Å². The van der Waals surface area contributed by atoms with Crippen LogP contribution in [-0.4, -0.2) is 55.4 Å². The lowest BCUT2D eigenvalue weighted by atomic mass is 9.88. The molecule has 0 unspecified atom stereocenters. The maximum Gasteiger partial charge on any atom is 0.253 e. The summed E-state index contributed by atoms with van der Waals surface area (Å²) in [6.45, 7) is 4.92. The number of hydrogen-bond acceptors (Lipinski definition) is 4. The number of methoxy groups -OCH3 is 1. The van der Waals surface area contributed by atoms with Crippen LogP contribution in [0.5, 0.6) is 5.75 Å². The highest BCUT2D eigenvalue weighted by atomic mass is 35.5. The molecule has 3 amide bonds. The van der Waals surface area contributed by atoms with Gasteiger partial charge >= 0.3 is 0 Å². The van der Waals surface area contributed by atoms with Gasteiger partial charge in [0.15, 0.2) is 0 Å². The van der Waals surface area contributed by atoms with E-state index >= 15 is 0 Å². The Hall–Kier alpha value is -3.32. The number of piperidine rings is 1. The minimum Gasteiger partial charge on any atom is -0.497 e. The van der Waals surface area contributed by atoms with Gasteiger partial charge < -0.3 is 20.3 Å². The van der Waals surface area contributed by atoms with Crippen molar-refractivity contribution in [3.8, 4) is 5.75 Å². The lowest BCUT2D eigenvalue weighted by Gasteiger charge is -2.35. The van der Waals surface area contributed by atoms with Crippen LogP contribution in [0.3, 0.4) is 0 Å². The van der Waals surface area contributed by atoms with Crippen LogP contribution in [-0.2, 0) is 4.79 Å². The minimum atomic E-state index is -0.726. The third kappa shape index (κ3) is 6.35. The van der Waals surface area contributed by atoms with Gasteiger partial charge in [0.1, 0.15) is 11.8 Å². The van der Waals surface area contributed by atoms with Gasteiger partial charge in [0.25, 0.3) is 11.8 Å². The molecule has 8 heteroatoms. The van der Waals surface area contributed by atoms with E-state index in [1.54, 1.807) is 59.5 Å². The first kappa shape index (κ1) is 24.3. The second-order valence-corrected chi connectivity index (χ2v) is 8.29. The largest absolute Gasteiger partial charge is 0.497 e. The van der Waals surface area contributed by atoms with Gasteiger partial charge in [-0.15, -0.1) is 6.58 Å². The number of benzene rings is 2. The molecular weight excluding hydrogens is 442 g/mol. The second-order valence-electron chi connectivity index (χ2n) is 7.85. The number of amides is 3. The van der Waals surface area contributed by atoms with Gasteiger partial charge in [0.2, 0.25) is 5.91 Å². The van der Waals surface area contributed by atoms with Gasteiger partial charge in [-0.25, -0.2) is 0 Å². The van der Waals surface area contributed by atoms with Gasteiger partial charge in [0, 0.05) is 35.8 Å². The zero-order chi connectivity index (χ0) is 23.8. The van der Waals surface area contributed by atoms with E-state index in [0.29, 0.717) is 54.4 Å². The van der Waals surface area contributed by atoms with Gasteiger partial charge in [0.05, 0.1) is 7.11 Å². The summed E-state index contributed by atoms with van der Waals surface area (Å²) >= 11 is 5.91. The molecule has 7 nitrogen and oxygen atoms in total. The fourth-order valence-electron chi connectivity index (χ4n) is 3.88. The Morgan fingerprint density at radius 3 is 2.48 bits per heavy atom. The molecule has 1 aliphatic rings. The molecule has 2 N–H and O–H groups in total. The van der Waals surface area contributed by atoms with Crippen molar-refractivity contribution in [3.05, 3.63) is 77.3 Å². The first-order chi connectivity index (χ1) is 15.9. The summed E-state index contributed by atoms with van der Waals surface area (Å²) in [4.78, 5) is 40.3. The van der Waals surface area contributed by atoms with Crippen LogP contribution in [0, 0.1) is 5.92 Å². The van der Waals surface area contributed by atoms with Crippen molar-refractivity contribution in [2.24, 2.45) is 5.92 Å². The third-order valence-electron chi connectivity index (χ3n) is 5.71. The van der Waals surface area contributed by atoms with Crippen molar-refractivity contribution in [2.75, 3.05) is 26.7 Å². The molecule has 0 spiro atoms. The summed E-state index contributed by atoms with van der Waals surface area (Å²) in [7, 11) is 1.53. The third-order valence-corrected chi connectivity index (χ3v) is 5.96. The molecule has 1 saturated heterocycles. The highest BCUT2D eigenvalue weighted by Gasteiger charge is 2.34. The standard InChI is InChI=1S/C25H28ClN3O4/c1-3-13-27-24(31)22(28-23(30)19-5-4-6-21(16-19)33-2)17-11-14-29(15-12-17)25(32)18-7-9-20(26)10-8-18/h3-10,16-17,22H,1,11-15H2,2H3,(H,27,31)(H,28,30)/t22-/m1/s1. The van der Waals surface area contributed by atoms with Crippen LogP contribution in [0.15, 0.2) is 61.2 Å². The van der Waals surface area contributed by atoms with E-state index in [4.69, 9.17) is 16.3 Å². The number of carbonyl (C=O) groups excluding carboxylic acids is 3. The SMILES string of the molecule is C=CCNC(=O)[C@H](NC(=O)c1cccc(OC)c1)C1CCN(C(=O)c2ccc(Cl)cc2)CC1. The van der Waals surface area contributed by atoms with Crippen LogP contribution in [0.1, 0.15) is 33.6 Å². The van der Waals surface area contributed by atoms with Crippen molar-refractivity contribution < 1.29 is 19.1 Å². The van der Waals surface area contributed by atoms with Gasteiger partial charge in [-0.1, -0.05) is 23.7 Å². The fraction of sp³-hybridized carbons (Fsp3) is 0.320. The number of nitrogens with zero attached hydrogens (tertiary/aromatic N) is 1. The number of likely N-dealkylation sites (tertiary alicyclic amines) is 1. The number of halogens is 1. The van der Waals surface area contributed by atoms with E-state index in [-0.39, 0.29) is 23.6 Å². The predicted molar refractivity (Wildman–Crippen MR) is 128 cm³/mol. The summed E-state index contributed by atoms with van der Waals surface area (Å²) in [5, 5.41) is 6.25. The molecular formula is C25H28ClN3O4. The Kier molecular flexibility index (Phi) is 8.49. The maximum absolute atomic E-state index is 12.9. The molecule has 1 heterocycles. The van der Waals surface area contributed by atoms with Crippen LogP contribution in [0.25, 0.3) is 0 Å². The number of hydrogen-bond donors (Lipinski definition) is 2. The lowest BCUT2D eigenvalue weighted by Crippen LogP contribution is -2.53. The lowest BCUT2D eigenvalue weighted by molar-refractivity contribution is -0.124. The number of carbonyl (C=O) groups is 3. The average Bonchev–Trinajstić information content (AvgIpc) is 2.86. The van der Waals surface area contributed by atoms with Crippen molar-refractivity contribution in [1.82, 2.24) is 15.5 Å². The van der Waals surface area contributed by atoms with Crippen LogP contribution >= 0.6 is 11.6 Å². The molecule has 33 heavy (non-hydrogen) atoms. The summed E-state index contributed by atoms with van der Waals surface area (Å²) in [6, 6.07) is 12.8. The number of rotatable bonds is 8. The van der Waals surface area contributed by atoms with Crippen LogP contribution < -0.4 is 15.4 Å². The summed E-state index contributed by atoms with van der Waals surface area (Å²) in [6.07, 6.45) is 2.76. The molecule has 1 fully saturated rings. The monoisotopic (exact) mass is 469 g/mol. The number of ether oxygens (including phenoxy) is 1. The first-order valence-corrected chi connectivity index (χ1v) is 11.2. The molecule has 0 radical (unpaired) electrons. The molecule has 2 aromatic carbocycles. The zero-order valence-electron chi connectivity index (χ0n) is 18.6. The molecule has 0 aromatic heterocycles. The Morgan fingerprint density at radius 2 is 1.85 bits per heavy atom. The molecule has 0 bridgehead atoms. The van der Waals surface area contributed by atoms with E-state index in [1.165, 1.54) is 7.11 Å². The highest BCUT2D eigenvalue weighted by Crippen LogP contribution is 2.24. The Bertz CT molecular complexity index is 1000. The molecule has 0 saturated carbocycles. The number of nitrogens with one attached hydrogen (secondary N) is 2. The minimum absolute atomic E-state index is 0.0711. The van der Waals surface area contributed by atoms with Crippen LogP contribution in [0.2, 0.25) is 5.02 Å². The quantitative estimate of drug-likeness (QED) is 0.581. The predicted octanol–water partition coefficient (Wildman–Crippen LogP) is 3.30. The van der Waals surface area contributed by atoms with Gasteiger partial charge in [-0.2, -0.15) is 0 Å². The zero-order valence-corrected chi connectivity index (χ0v) is 19.3. The summed E-state index contributed by atoms with van der Waals surface area (Å²) in [5.74, 6) is -0.248. The Labute approximate surface area is 198 Å². The van der Waals surface area contributed by atoms with Crippen molar-refractivity contribution in [3.63, 3.8) is 0 Å². The van der Waals surface area contributed by atoms with Crippen molar-refractivity contribution in [2.45, 2.75) is 18.9 Å². The molecule has 1 atom stereocenters. The maximum atomic E-state index is 12.9. The van der Waals surface area contributed by atoms with E-state index in [9.17, 15) is 14.4 Å². The summed E-state index contributed by atoms with van der Waals surface area (Å²) in [5.41, 5.74) is 0.982. The van der Waals surface area contributed by atoms with Crippen molar-refractivity contribution in [1.29, 1.82) is 0 Å². The normalized spacial score (nSPS) is 14.8. The summed E-state index contributed by atoms with van der Waals surface area (Å²) < 4.78 is 5.19. The van der Waals surface area contributed by atoms with Crippen molar-refractivity contribution >= 4 is 29.3 Å². The fourth-order valence-corrected chi connectivity index (χ4v) is 4.01. The molecule has 2 aromatic rings. The van der Waals surface area contributed by atoms with E-state index in [2.05, 4.69) is 17.2 Å². The first-order valence-electron chi connectivity index (χ1n) is 10.8. The van der Waals surface area contributed by atoms with E-state index in [0.717, 1.165) is 0 Å². The Balaban J connectivity index is 1.69. The average molecular weight is 470 g/mol. The molecule has 0 aliphatic carbocycles. The van der Waals surface area contributed by atoms with E-state index < -0.39 is 6.04 Å². The Morgan fingerprint density at radius 1 is 1.15 bits per heavy atom.